The van der Waals surface area contributed by atoms with E-state index in [1.54, 1.807) is 17.8 Å². The topological polar surface area (TPSA) is 55.1 Å². The van der Waals surface area contributed by atoms with Crippen LogP contribution in [-0.4, -0.2) is 26.3 Å². The monoisotopic (exact) mass is 288 g/mol. The van der Waals surface area contributed by atoms with Crippen molar-refractivity contribution in [2.45, 2.75) is 45.8 Å². The molecule has 0 aliphatic carbocycles. The van der Waals surface area contributed by atoms with Gasteiger partial charge in [-0.15, -0.1) is 0 Å². The van der Waals surface area contributed by atoms with E-state index in [1.165, 1.54) is 6.92 Å². The molecule has 1 N–H and O–H groups in total. The summed E-state index contributed by atoms with van der Waals surface area (Å²) in [6.07, 6.45) is 2.87. The van der Waals surface area contributed by atoms with Gasteiger partial charge < -0.3 is 5.11 Å². The minimum absolute atomic E-state index is 0.284. The van der Waals surface area contributed by atoms with Crippen molar-refractivity contribution in [3.8, 4) is 0 Å². The Hall–Kier alpha value is -0.680. The number of Topliss-reactive ketones (excluding diaryl/α,β-unsaturated/α-hetero) is 1. The molecule has 1 aromatic rings. The molecule has 16 heavy (non-hydrogen) atoms. The van der Waals surface area contributed by atoms with E-state index in [9.17, 15) is 9.90 Å². The Kier molecular flexibility index (Phi) is 4.27. The number of carbonyl (C=O) groups is 1. The molecule has 0 saturated carbocycles. The van der Waals surface area contributed by atoms with Crippen molar-refractivity contribution in [2.24, 2.45) is 0 Å². The van der Waals surface area contributed by atoms with Gasteiger partial charge in [0.05, 0.1) is 10.7 Å². The van der Waals surface area contributed by atoms with Gasteiger partial charge in [-0.1, -0.05) is 13.8 Å². The van der Waals surface area contributed by atoms with Crippen LogP contribution < -0.4 is 0 Å². The van der Waals surface area contributed by atoms with Crippen molar-refractivity contribution < 1.29 is 9.90 Å². The van der Waals surface area contributed by atoms with E-state index in [0.717, 1.165) is 6.42 Å². The molecular formula is C11H17BrN2O2. The number of hydrogen-bond donors (Lipinski definition) is 1. The molecule has 1 aromatic heterocycles. The molecule has 90 valence electrons. The molecule has 5 heteroatoms. The van der Waals surface area contributed by atoms with Crippen LogP contribution in [0.25, 0.3) is 0 Å². The lowest BCUT2D eigenvalue weighted by Gasteiger charge is -2.20. The number of carbonyl (C=O) groups excluding carboxylic acids is 1. The summed E-state index contributed by atoms with van der Waals surface area (Å²) in [5, 5.41) is 14.1. The predicted octanol–water partition coefficient (Wildman–Crippen LogP) is 2.40. The Morgan fingerprint density at radius 3 is 2.75 bits per heavy atom. The third kappa shape index (κ3) is 2.52. The van der Waals surface area contributed by atoms with Crippen LogP contribution in [0.5, 0.6) is 0 Å². The molecule has 0 aliphatic rings. The maximum absolute atomic E-state index is 12.1. The van der Waals surface area contributed by atoms with Crippen LogP contribution in [0.3, 0.4) is 0 Å². The van der Waals surface area contributed by atoms with Crippen molar-refractivity contribution in [3.05, 3.63) is 16.4 Å². The smallest absolute Gasteiger partial charge is 0.213 e. The third-order valence-corrected chi connectivity index (χ3v) is 3.20. The third-order valence-electron chi connectivity index (χ3n) is 2.62. The Bertz CT molecular complexity index is 385. The molecule has 1 atom stereocenters. The summed E-state index contributed by atoms with van der Waals surface area (Å²) < 4.78 is 2.27. The summed E-state index contributed by atoms with van der Waals surface area (Å²) >= 11 is 3.29. The molecule has 0 radical (unpaired) electrons. The first-order valence-electron chi connectivity index (χ1n) is 5.42. The minimum atomic E-state index is -1.33. The molecule has 1 heterocycles. The van der Waals surface area contributed by atoms with Gasteiger partial charge in [-0.05, 0) is 35.7 Å². The Labute approximate surface area is 104 Å². The molecule has 1 unspecified atom stereocenters. The van der Waals surface area contributed by atoms with Gasteiger partial charge in [-0.3, -0.25) is 9.48 Å². The van der Waals surface area contributed by atoms with Crippen molar-refractivity contribution in [1.82, 2.24) is 9.78 Å². The maximum Gasteiger partial charge on any atom is 0.213 e. The van der Waals surface area contributed by atoms with Gasteiger partial charge in [0.2, 0.25) is 5.78 Å². The normalized spacial score (nSPS) is 14.8. The highest BCUT2D eigenvalue weighted by Crippen LogP contribution is 2.23. The quantitative estimate of drug-likeness (QED) is 0.847. The number of halogens is 1. The summed E-state index contributed by atoms with van der Waals surface area (Å²) in [4.78, 5) is 12.1. The van der Waals surface area contributed by atoms with E-state index in [-0.39, 0.29) is 5.78 Å². The lowest BCUT2D eigenvalue weighted by molar-refractivity contribution is 0.0378. The number of ketones is 1. The van der Waals surface area contributed by atoms with Crippen LogP contribution in [0.15, 0.2) is 10.7 Å². The summed E-state index contributed by atoms with van der Waals surface area (Å²) in [6, 6.07) is 0. The second-order valence-corrected chi connectivity index (χ2v) is 4.88. The number of nitrogens with zero attached hydrogens (tertiary/aromatic N) is 2. The van der Waals surface area contributed by atoms with Crippen LogP contribution in [0.2, 0.25) is 0 Å². The minimum Gasteiger partial charge on any atom is -0.382 e. The van der Waals surface area contributed by atoms with Gasteiger partial charge in [-0.2, -0.15) is 5.10 Å². The maximum atomic E-state index is 12.1. The summed E-state index contributed by atoms with van der Waals surface area (Å²) in [5.41, 5.74) is -0.873. The molecule has 0 spiro atoms. The summed E-state index contributed by atoms with van der Waals surface area (Å²) in [7, 11) is 0. The number of aliphatic hydroxyl groups is 1. The predicted molar refractivity (Wildman–Crippen MR) is 65.5 cm³/mol. The lowest BCUT2D eigenvalue weighted by Crippen LogP contribution is -2.36. The Balaban J connectivity index is 3.12. The first-order chi connectivity index (χ1) is 7.44. The second-order valence-electron chi connectivity index (χ2n) is 4.02. The molecule has 0 bridgehead atoms. The van der Waals surface area contributed by atoms with Crippen LogP contribution in [0.1, 0.15) is 44.1 Å². The molecule has 0 saturated heterocycles. The highest BCUT2D eigenvalue weighted by Gasteiger charge is 2.33. The first-order valence-corrected chi connectivity index (χ1v) is 6.21. The van der Waals surface area contributed by atoms with Crippen molar-refractivity contribution in [2.75, 3.05) is 0 Å². The highest BCUT2D eigenvalue weighted by molar-refractivity contribution is 9.10. The lowest BCUT2D eigenvalue weighted by atomic mass is 9.95. The van der Waals surface area contributed by atoms with Crippen molar-refractivity contribution >= 4 is 21.7 Å². The van der Waals surface area contributed by atoms with Gasteiger partial charge in [0.25, 0.3) is 0 Å². The first kappa shape index (κ1) is 13.4. The standard InChI is InChI=1S/C11H17BrN2O2/c1-4-6-14-9(8(12)7-13-14)10(15)11(3,16)5-2/h7,16H,4-6H2,1-3H3. The SMILES string of the molecule is CCCn1ncc(Br)c1C(=O)C(C)(O)CC. The van der Waals surface area contributed by atoms with E-state index < -0.39 is 5.60 Å². The van der Waals surface area contributed by atoms with E-state index >= 15 is 0 Å². The Morgan fingerprint density at radius 1 is 1.62 bits per heavy atom. The molecular weight excluding hydrogens is 272 g/mol. The molecule has 0 amide bonds. The largest absolute Gasteiger partial charge is 0.382 e. The number of aryl methyl sites for hydroxylation is 1. The van der Waals surface area contributed by atoms with E-state index in [4.69, 9.17) is 0 Å². The second kappa shape index (κ2) is 5.10. The zero-order chi connectivity index (χ0) is 12.3. The fourth-order valence-corrected chi connectivity index (χ4v) is 1.86. The average molecular weight is 289 g/mol. The highest BCUT2D eigenvalue weighted by atomic mass is 79.9. The van der Waals surface area contributed by atoms with Gasteiger partial charge in [0, 0.05) is 6.54 Å². The van der Waals surface area contributed by atoms with Gasteiger partial charge in [0.1, 0.15) is 11.3 Å². The zero-order valence-electron chi connectivity index (χ0n) is 9.83. The van der Waals surface area contributed by atoms with Crippen LogP contribution in [0.4, 0.5) is 0 Å². The fourth-order valence-electron chi connectivity index (χ4n) is 1.39. The van der Waals surface area contributed by atoms with Gasteiger partial charge in [0.15, 0.2) is 0 Å². The van der Waals surface area contributed by atoms with Crippen LogP contribution in [0, 0.1) is 0 Å². The van der Waals surface area contributed by atoms with Gasteiger partial charge in [-0.25, -0.2) is 0 Å². The molecule has 0 aromatic carbocycles. The van der Waals surface area contributed by atoms with Crippen molar-refractivity contribution in [3.63, 3.8) is 0 Å². The zero-order valence-corrected chi connectivity index (χ0v) is 11.4. The summed E-state index contributed by atoms with van der Waals surface area (Å²) in [6.45, 7) is 6.01. The van der Waals surface area contributed by atoms with Crippen LogP contribution >= 0.6 is 15.9 Å². The van der Waals surface area contributed by atoms with Crippen molar-refractivity contribution in [1.29, 1.82) is 0 Å². The summed E-state index contributed by atoms with van der Waals surface area (Å²) in [5.74, 6) is -0.284. The van der Waals surface area contributed by atoms with E-state index in [2.05, 4.69) is 21.0 Å². The number of hydrogen-bond acceptors (Lipinski definition) is 3. The fraction of sp³-hybridized carbons (Fsp3) is 0.636. The number of aromatic nitrogens is 2. The van der Waals surface area contributed by atoms with E-state index in [1.807, 2.05) is 6.92 Å². The molecule has 0 aliphatic heterocycles. The Morgan fingerprint density at radius 2 is 2.25 bits per heavy atom. The number of rotatable bonds is 5. The molecule has 0 fully saturated rings. The van der Waals surface area contributed by atoms with Gasteiger partial charge >= 0.3 is 0 Å². The van der Waals surface area contributed by atoms with E-state index in [0.29, 0.717) is 23.1 Å². The van der Waals surface area contributed by atoms with Crippen LogP contribution in [-0.2, 0) is 6.54 Å². The molecule has 4 nitrogen and oxygen atoms in total. The molecule has 1 rings (SSSR count). The average Bonchev–Trinajstić information content (AvgIpc) is 2.59.